The topological polar surface area (TPSA) is 40.5 Å². The molecule has 2 heteroatoms. The van der Waals surface area contributed by atoms with E-state index in [9.17, 15) is 10.2 Å². The SMILES string of the molecule is CC(Cc1cccc(O)c1)c1ccc(O)cc1. The van der Waals surface area contributed by atoms with Crippen LogP contribution < -0.4 is 0 Å². The van der Waals surface area contributed by atoms with Crippen LogP contribution in [0.5, 0.6) is 11.5 Å². The molecule has 0 aromatic heterocycles. The second-order valence-corrected chi connectivity index (χ2v) is 4.37. The van der Waals surface area contributed by atoms with Crippen molar-refractivity contribution in [2.75, 3.05) is 0 Å². The number of aromatic hydroxyl groups is 2. The van der Waals surface area contributed by atoms with Crippen molar-refractivity contribution in [2.24, 2.45) is 0 Å². The Morgan fingerprint density at radius 1 is 0.941 bits per heavy atom. The van der Waals surface area contributed by atoms with E-state index in [0.29, 0.717) is 17.4 Å². The lowest BCUT2D eigenvalue weighted by molar-refractivity contribution is 0.474. The van der Waals surface area contributed by atoms with Gasteiger partial charge in [-0.3, -0.25) is 0 Å². The van der Waals surface area contributed by atoms with Crippen LogP contribution in [-0.2, 0) is 6.42 Å². The van der Waals surface area contributed by atoms with E-state index >= 15 is 0 Å². The van der Waals surface area contributed by atoms with Gasteiger partial charge in [0.2, 0.25) is 0 Å². The van der Waals surface area contributed by atoms with Crippen molar-refractivity contribution in [3.05, 3.63) is 59.7 Å². The third-order valence-corrected chi connectivity index (χ3v) is 2.91. The molecule has 17 heavy (non-hydrogen) atoms. The molecule has 0 aliphatic heterocycles. The van der Waals surface area contributed by atoms with E-state index in [4.69, 9.17) is 0 Å². The molecular weight excluding hydrogens is 212 g/mol. The van der Waals surface area contributed by atoms with Crippen molar-refractivity contribution >= 4 is 0 Å². The lowest BCUT2D eigenvalue weighted by atomic mass is 9.94. The van der Waals surface area contributed by atoms with Gasteiger partial charge in [0, 0.05) is 0 Å². The highest BCUT2D eigenvalue weighted by molar-refractivity contribution is 5.31. The van der Waals surface area contributed by atoms with E-state index < -0.39 is 0 Å². The van der Waals surface area contributed by atoms with Gasteiger partial charge in [-0.05, 0) is 47.7 Å². The normalized spacial score (nSPS) is 12.3. The molecule has 0 fully saturated rings. The second-order valence-electron chi connectivity index (χ2n) is 4.37. The first-order chi connectivity index (χ1) is 8.15. The maximum absolute atomic E-state index is 9.40. The van der Waals surface area contributed by atoms with Gasteiger partial charge in [-0.25, -0.2) is 0 Å². The fraction of sp³-hybridized carbons (Fsp3) is 0.200. The Bertz CT molecular complexity index is 489. The van der Waals surface area contributed by atoms with Gasteiger partial charge >= 0.3 is 0 Å². The largest absolute Gasteiger partial charge is 0.508 e. The lowest BCUT2D eigenvalue weighted by Gasteiger charge is -2.12. The van der Waals surface area contributed by atoms with Crippen LogP contribution in [0, 0.1) is 0 Å². The van der Waals surface area contributed by atoms with E-state index in [1.165, 1.54) is 5.56 Å². The molecule has 0 amide bonds. The van der Waals surface area contributed by atoms with Crippen LogP contribution >= 0.6 is 0 Å². The molecule has 0 aliphatic carbocycles. The second kappa shape index (κ2) is 4.91. The molecule has 0 saturated carbocycles. The van der Waals surface area contributed by atoms with E-state index in [1.54, 1.807) is 24.3 Å². The Hall–Kier alpha value is -1.96. The first-order valence-corrected chi connectivity index (χ1v) is 5.72. The Labute approximate surface area is 101 Å². The molecule has 0 spiro atoms. The number of phenolic OH excluding ortho intramolecular Hbond substituents is 2. The summed E-state index contributed by atoms with van der Waals surface area (Å²) >= 11 is 0. The molecule has 88 valence electrons. The summed E-state index contributed by atoms with van der Waals surface area (Å²) in [6.45, 7) is 2.14. The molecule has 2 rings (SSSR count). The predicted octanol–water partition coefficient (Wildman–Crippen LogP) is 3.44. The average Bonchev–Trinajstić information content (AvgIpc) is 2.29. The van der Waals surface area contributed by atoms with Crippen molar-refractivity contribution in [1.29, 1.82) is 0 Å². The summed E-state index contributed by atoms with van der Waals surface area (Å²) in [5.41, 5.74) is 2.30. The van der Waals surface area contributed by atoms with Crippen LogP contribution in [0.1, 0.15) is 24.0 Å². The molecule has 1 atom stereocenters. The van der Waals surface area contributed by atoms with Crippen LogP contribution in [0.3, 0.4) is 0 Å². The van der Waals surface area contributed by atoms with Gasteiger partial charge in [0.1, 0.15) is 11.5 Å². The number of rotatable bonds is 3. The van der Waals surface area contributed by atoms with Crippen molar-refractivity contribution in [3.63, 3.8) is 0 Å². The third kappa shape index (κ3) is 3.00. The molecular formula is C15H16O2. The summed E-state index contributed by atoms with van der Waals surface area (Å²) in [5, 5.41) is 18.6. The first kappa shape index (κ1) is 11.5. The Morgan fingerprint density at radius 3 is 2.29 bits per heavy atom. The maximum Gasteiger partial charge on any atom is 0.115 e. The number of benzene rings is 2. The Kier molecular flexibility index (Phi) is 3.33. The smallest absolute Gasteiger partial charge is 0.115 e. The fourth-order valence-electron chi connectivity index (χ4n) is 1.96. The van der Waals surface area contributed by atoms with Gasteiger partial charge in [0.15, 0.2) is 0 Å². The van der Waals surface area contributed by atoms with Crippen molar-refractivity contribution in [2.45, 2.75) is 19.3 Å². The van der Waals surface area contributed by atoms with Crippen molar-refractivity contribution < 1.29 is 10.2 Å². The molecule has 2 nitrogen and oxygen atoms in total. The quantitative estimate of drug-likeness (QED) is 0.844. The standard InChI is InChI=1S/C15H16O2/c1-11(13-5-7-14(16)8-6-13)9-12-3-2-4-15(17)10-12/h2-8,10-11,16-17H,9H2,1H3. The summed E-state index contributed by atoms with van der Waals surface area (Å²) in [7, 11) is 0. The molecule has 0 saturated heterocycles. The highest BCUT2D eigenvalue weighted by Crippen LogP contribution is 2.23. The molecule has 2 aromatic rings. The van der Waals surface area contributed by atoms with Gasteiger partial charge < -0.3 is 10.2 Å². The number of hydrogen-bond donors (Lipinski definition) is 2. The summed E-state index contributed by atoms with van der Waals surface area (Å²) in [5.74, 6) is 0.955. The van der Waals surface area contributed by atoms with Gasteiger partial charge in [0.25, 0.3) is 0 Å². The minimum Gasteiger partial charge on any atom is -0.508 e. The molecule has 0 bridgehead atoms. The Morgan fingerprint density at radius 2 is 1.65 bits per heavy atom. The minimum atomic E-state index is 0.290. The van der Waals surface area contributed by atoms with Crippen molar-refractivity contribution in [1.82, 2.24) is 0 Å². The van der Waals surface area contributed by atoms with E-state index in [2.05, 4.69) is 6.92 Å². The zero-order valence-electron chi connectivity index (χ0n) is 9.80. The van der Waals surface area contributed by atoms with E-state index in [1.807, 2.05) is 24.3 Å². The molecule has 2 N–H and O–H groups in total. The van der Waals surface area contributed by atoms with Crippen LogP contribution in [-0.4, -0.2) is 10.2 Å². The van der Waals surface area contributed by atoms with Crippen LogP contribution in [0.2, 0.25) is 0 Å². The molecule has 0 radical (unpaired) electrons. The van der Waals surface area contributed by atoms with Crippen molar-refractivity contribution in [3.8, 4) is 11.5 Å². The molecule has 2 aromatic carbocycles. The summed E-state index contributed by atoms with van der Waals surface area (Å²) in [6.07, 6.45) is 0.874. The highest BCUT2D eigenvalue weighted by atomic mass is 16.3. The maximum atomic E-state index is 9.40. The third-order valence-electron chi connectivity index (χ3n) is 2.91. The van der Waals surface area contributed by atoms with Crippen LogP contribution in [0.25, 0.3) is 0 Å². The van der Waals surface area contributed by atoms with Gasteiger partial charge in [-0.2, -0.15) is 0 Å². The van der Waals surface area contributed by atoms with Gasteiger partial charge in [-0.1, -0.05) is 31.2 Å². The van der Waals surface area contributed by atoms with E-state index in [0.717, 1.165) is 12.0 Å². The summed E-state index contributed by atoms with van der Waals surface area (Å²) in [6, 6.07) is 14.6. The Balaban J connectivity index is 2.11. The lowest BCUT2D eigenvalue weighted by Crippen LogP contribution is -1.97. The minimum absolute atomic E-state index is 0.290. The number of hydrogen-bond acceptors (Lipinski definition) is 2. The summed E-state index contributed by atoms with van der Waals surface area (Å²) < 4.78 is 0. The zero-order chi connectivity index (χ0) is 12.3. The molecule has 1 unspecified atom stereocenters. The predicted molar refractivity (Wildman–Crippen MR) is 68.3 cm³/mol. The molecule has 0 aliphatic rings. The summed E-state index contributed by atoms with van der Waals surface area (Å²) in [4.78, 5) is 0. The monoisotopic (exact) mass is 228 g/mol. The van der Waals surface area contributed by atoms with E-state index in [-0.39, 0.29) is 0 Å². The van der Waals surface area contributed by atoms with Crippen LogP contribution in [0.4, 0.5) is 0 Å². The fourth-order valence-corrected chi connectivity index (χ4v) is 1.96. The molecule has 0 heterocycles. The average molecular weight is 228 g/mol. The van der Waals surface area contributed by atoms with Gasteiger partial charge in [0.05, 0.1) is 0 Å². The zero-order valence-corrected chi connectivity index (χ0v) is 9.80. The van der Waals surface area contributed by atoms with Gasteiger partial charge in [-0.15, -0.1) is 0 Å². The first-order valence-electron chi connectivity index (χ1n) is 5.72. The number of phenols is 2. The highest BCUT2D eigenvalue weighted by Gasteiger charge is 2.07. The van der Waals surface area contributed by atoms with Crippen LogP contribution in [0.15, 0.2) is 48.5 Å².